The minimum Gasteiger partial charge on any atom is -0.481 e. The fourth-order valence-corrected chi connectivity index (χ4v) is 2.85. The average molecular weight is 280 g/mol. The lowest BCUT2D eigenvalue weighted by atomic mass is 9.85. The van der Waals surface area contributed by atoms with Crippen LogP contribution in [-0.2, 0) is 11.3 Å². The summed E-state index contributed by atoms with van der Waals surface area (Å²) in [4.78, 5) is 13.1. The van der Waals surface area contributed by atoms with E-state index in [0.29, 0.717) is 12.6 Å². The van der Waals surface area contributed by atoms with Crippen molar-refractivity contribution in [1.29, 1.82) is 0 Å². The van der Waals surface area contributed by atoms with Gasteiger partial charge in [-0.05, 0) is 50.4 Å². The van der Waals surface area contributed by atoms with Crippen molar-refractivity contribution in [2.75, 3.05) is 12.8 Å². The Kier molecular flexibility index (Phi) is 4.60. The van der Waals surface area contributed by atoms with E-state index >= 15 is 0 Å². The Morgan fingerprint density at radius 3 is 2.60 bits per heavy atom. The second-order valence-corrected chi connectivity index (χ2v) is 5.61. The lowest BCUT2D eigenvalue weighted by molar-refractivity contribution is -0.143. The first-order valence-corrected chi connectivity index (χ1v) is 6.94. The molecular formula is C15H21FN2O2. The Balaban J connectivity index is 1.90. The molecule has 3 N–H and O–H groups in total. The van der Waals surface area contributed by atoms with Gasteiger partial charge in [0.25, 0.3) is 0 Å². The number of rotatable bonds is 4. The molecule has 0 bridgehead atoms. The first-order chi connectivity index (χ1) is 9.47. The number of carboxylic acid groups (broad SMARTS) is 1. The van der Waals surface area contributed by atoms with Gasteiger partial charge in [0.15, 0.2) is 0 Å². The van der Waals surface area contributed by atoms with Crippen LogP contribution in [0.5, 0.6) is 0 Å². The van der Waals surface area contributed by atoms with Crippen molar-refractivity contribution in [1.82, 2.24) is 4.90 Å². The molecule has 5 heteroatoms. The highest BCUT2D eigenvalue weighted by Crippen LogP contribution is 2.28. The van der Waals surface area contributed by atoms with Crippen molar-refractivity contribution >= 4 is 11.7 Å². The third-order valence-corrected chi connectivity index (χ3v) is 4.17. The first-order valence-electron chi connectivity index (χ1n) is 6.94. The predicted octanol–water partition coefficient (Wildman–Crippen LogP) is 2.48. The SMILES string of the molecule is CN(Cc1ccc(N)c(F)c1)C1CCC(C(=O)O)CC1. The van der Waals surface area contributed by atoms with Crippen LogP contribution in [0, 0.1) is 11.7 Å². The van der Waals surface area contributed by atoms with Gasteiger partial charge in [-0.2, -0.15) is 0 Å². The fourth-order valence-electron chi connectivity index (χ4n) is 2.85. The van der Waals surface area contributed by atoms with Crippen molar-refractivity contribution < 1.29 is 14.3 Å². The van der Waals surface area contributed by atoms with Crippen molar-refractivity contribution in [2.24, 2.45) is 5.92 Å². The largest absolute Gasteiger partial charge is 0.481 e. The van der Waals surface area contributed by atoms with Gasteiger partial charge >= 0.3 is 5.97 Å². The molecule has 0 radical (unpaired) electrons. The highest BCUT2D eigenvalue weighted by Gasteiger charge is 2.27. The van der Waals surface area contributed by atoms with E-state index in [0.717, 1.165) is 31.2 Å². The lowest BCUT2D eigenvalue weighted by Gasteiger charge is -2.33. The lowest BCUT2D eigenvalue weighted by Crippen LogP contribution is -2.36. The van der Waals surface area contributed by atoms with E-state index in [1.807, 2.05) is 13.1 Å². The second kappa shape index (κ2) is 6.22. The number of nitrogens with zero attached hydrogens (tertiary/aromatic N) is 1. The van der Waals surface area contributed by atoms with Crippen LogP contribution in [0.15, 0.2) is 18.2 Å². The van der Waals surface area contributed by atoms with Crippen LogP contribution in [0.4, 0.5) is 10.1 Å². The number of benzene rings is 1. The van der Waals surface area contributed by atoms with Crippen molar-refractivity contribution in [3.8, 4) is 0 Å². The molecule has 0 aromatic heterocycles. The molecule has 1 aromatic carbocycles. The number of halogens is 1. The van der Waals surface area contributed by atoms with Crippen LogP contribution in [0.2, 0.25) is 0 Å². The molecule has 0 aliphatic heterocycles. The van der Waals surface area contributed by atoms with Gasteiger partial charge in [0.05, 0.1) is 11.6 Å². The van der Waals surface area contributed by atoms with Gasteiger partial charge in [-0.25, -0.2) is 4.39 Å². The fraction of sp³-hybridized carbons (Fsp3) is 0.533. The van der Waals surface area contributed by atoms with E-state index < -0.39 is 5.97 Å². The minimum absolute atomic E-state index is 0.165. The molecule has 20 heavy (non-hydrogen) atoms. The molecule has 4 nitrogen and oxygen atoms in total. The topological polar surface area (TPSA) is 66.6 Å². The maximum atomic E-state index is 13.4. The molecule has 0 spiro atoms. The summed E-state index contributed by atoms with van der Waals surface area (Å²) < 4.78 is 13.4. The molecule has 1 aliphatic rings. The van der Waals surface area contributed by atoms with E-state index in [1.165, 1.54) is 6.07 Å². The summed E-state index contributed by atoms with van der Waals surface area (Å²) >= 11 is 0. The minimum atomic E-state index is -0.688. The number of carboxylic acids is 1. The van der Waals surface area contributed by atoms with Crippen molar-refractivity contribution in [2.45, 2.75) is 38.3 Å². The highest BCUT2D eigenvalue weighted by molar-refractivity contribution is 5.70. The average Bonchev–Trinajstić information content (AvgIpc) is 2.43. The summed E-state index contributed by atoms with van der Waals surface area (Å²) in [5, 5.41) is 8.99. The molecule has 1 saturated carbocycles. The molecule has 110 valence electrons. The molecule has 1 fully saturated rings. The summed E-state index contributed by atoms with van der Waals surface area (Å²) in [7, 11) is 2.00. The number of anilines is 1. The Bertz CT molecular complexity index is 485. The van der Waals surface area contributed by atoms with Crippen molar-refractivity contribution in [3.05, 3.63) is 29.6 Å². The maximum Gasteiger partial charge on any atom is 0.306 e. The number of aliphatic carboxylic acids is 1. The van der Waals surface area contributed by atoms with Gasteiger partial charge in [0.1, 0.15) is 5.82 Å². The zero-order chi connectivity index (χ0) is 14.7. The molecule has 0 unspecified atom stereocenters. The number of nitrogen functional groups attached to an aromatic ring is 1. The number of hydrogen-bond acceptors (Lipinski definition) is 3. The summed E-state index contributed by atoms with van der Waals surface area (Å²) in [6.45, 7) is 0.652. The first kappa shape index (κ1) is 14.8. The van der Waals surface area contributed by atoms with E-state index in [2.05, 4.69) is 4.90 Å². The third-order valence-electron chi connectivity index (χ3n) is 4.17. The van der Waals surface area contributed by atoms with Crippen LogP contribution < -0.4 is 5.73 Å². The standard InChI is InChI=1S/C15H21FN2O2/c1-18(9-10-2-7-14(17)13(16)8-10)12-5-3-11(4-6-12)15(19)20/h2,7-8,11-12H,3-6,9,17H2,1H3,(H,19,20). The molecule has 0 heterocycles. The van der Waals surface area contributed by atoms with Gasteiger partial charge in [-0.1, -0.05) is 6.07 Å². The van der Waals surface area contributed by atoms with Gasteiger partial charge in [-0.15, -0.1) is 0 Å². The summed E-state index contributed by atoms with van der Waals surface area (Å²) in [5.41, 5.74) is 6.52. The Labute approximate surface area is 118 Å². The van der Waals surface area contributed by atoms with Gasteiger partial charge in [-0.3, -0.25) is 9.69 Å². The summed E-state index contributed by atoms with van der Waals surface area (Å²) in [6, 6.07) is 5.25. The maximum absolute atomic E-state index is 13.4. The van der Waals surface area contributed by atoms with E-state index in [-0.39, 0.29) is 17.4 Å². The molecular weight excluding hydrogens is 259 g/mol. The predicted molar refractivity (Wildman–Crippen MR) is 75.7 cm³/mol. The Morgan fingerprint density at radius 2 is 2.05 bits per heavy atom. The molecule has 1 aromatic rings. The van der Waals surface area contributed by atoms with Crippen LogP contribution in [0.3, 0.4) is 0 Å². The van der Waals surface area contributed by atoms with Gasteiger partial charge < -0.3 is 10.8 Å². The zero-order valence-corrected chi connectivity index (χ0v) is 11.7. The number of carbonyl (C=O) groups is 1. The van der Waals surface area contributed by atoms with Crippen LogP contribution in [-0.4, -0.2) is 29.1 Å². The Morgan fingerprint density at radius 1 is 1.40 bits per heavy atom. The molecule has 1 aliphatic carbocycles. The molecule has 2 rings (SSSR count). The third kappa shape index (κ3) is 3.48. The van der Waals surface area contributed by atoms with Crippen molar-refractivity contribution in [3.63, 3.8) is 0 Å². The monoisotopic (exact) mass is 280 g/mol. The van der Waals surface area contributed by atoms with Crippen LogP contribution in [0.1, 0.15) is 31.2 Å². The molecule has 0 saturated heterocycles. The Hall–Kier alpha value is -1.62. The number of nitrogens with two attached hydrogens (primary N) is 1. The van der Waals surface area contributed by atoms with Gasteiger partial charge in [0, 0.05) is 12.6 Å². The van der Waals surface area contributed by atoms with E-state index in [1.54, 1.807) is 6.07 Å². The molecule has 0 amide bonds. The van der Waals surface area contributed by atoms with Gasteiger partial charge in [0.2, 0.25) is 0 Å². The normalized spacial score (nSPS) is 22.9. The van der Waals surface area contributed by atoms with E-state index in [4.69, 9.17) is 10.8 Å². The summed E-state index contributed by atoms with van der Waals surface area (Å²) in [6.07, 6.45) is 3.21. The summed E-state index contributed by atoms with van der Waals surface area (Å²) in [5.74, 6) is -1.27. The molecule has 0 atom stereocenters. The quantitative estimate of drug-likeness (QED) is 0.832. The smallest absolute Gasteiger partial charge is 0.306 e. The van der Waals surface area contributed by atoms with Crippen LogP contribution in [0.25, 0.3) is 0 Å². The van der Waals surface area contributed by atoms with Crippen LogP contribution >= 0.6 is 0 Å². The van der Waals surface area contributed by atoms with E-state index in [9.17, 15) is 9.18 Å². The highest BCUT2D eigenvalue weighted by atomic mass is 19.1. The number of hydrogen-bond donors (Lipinski definition) is 2. The zero-order valence-electron chi connectivity index (χ0n) is 11.7. The second-order valence-electron chi connectivity index (χ2n) is 5.61.